The number of esters is 2. The van der Waals surface area contributed by atoms with Crippen LogP contribution in [0.25, 0.3) is 0 Å². The van der Waals surface area contributed by atoms with E-state index >= 15 is 0 Å². The second-order valence-corrected chi connectivity index (χ2v) is 5.85. The van der Waals surface area contributed by atoms with E-state index in [9.17, 15) is 14.4 Å². The molecule has 1 aromatic heterocycles. The van der Waals surface area contributed by atoms with E-state index in [-0.39, 0.29) is 23.5 Å². The van der Waals surface area contributed by atoms with E-state index in [0.717, 1.165) is 5.56 Å². The predicted octanol–water partition coefficient (Wildman–Crippen LogP) is 0.527. The first-order valence-electron chi connectivity index (χ1n) is 8.10. The van der Waals surface area contributed by atoms with Crippen LogP contribution in [-0.4, -0.2) is 48.7 Å². The standard InChI is InChI=1S/C18H18N4O5/c1-21-15-12(13(17(24)26-2)14(20-21)18(25)27-3)9-19-22(16(15)23)10-11-7-5-4-6-8-11/h4-9,13H,10H2,1-3H3. The summed E-state index contributed by atoms with van der Waals surface area (Å²) in [7, 11) is 3.90. The Hall–Kier alpha value is -3.49. The van der Waals surface area contributed by atoms with Gasteiger partial charge in [0.15, 0.2) is 5.71 Å². The van der Waals surface area contributed by atoms with Crippen LogP contribution in [0.15, 0.2) is 46.4 Å². The summed E-state index contributed by atoms with van der Waals surface area (Å²) < 4.78 is 10.8. The smallest absolute Gasteiger partial charge is 0.355 e. The third-order valence-electron chi connectivity index (χ3n) is 4.22. The Bertz CT molecular complexity index is 967. The van der Waals surface area contributed by atoms with Gasteiger partial charge in [-0.15, -0.1) is 0 Å². The van der Waals surface area contributed by atoms with Gasteiger partial charge in [0.1, 0.15) is 11.6 Å². The summed E-state index contributed by atoms with van der Waals surface area (Å²) >= 11 is 0. The highest BCUT2D eigenvalue weighted by Crippen LogP contribution is 2.31. The normalized spacial score (nSPS) is 15.6. The number of hydrazone groups is 1. The summed E-state index contributed by atoms with van der Waals surface area (Å²) in [4.78, 5) is 37.3. The summed E-state index contributed by atoms with van der Waals surface area (Å²) in [5.74, 6) is -2.69. The molecule has 9 nitrogen and oxygen atoms in total. The van der Waals surface area contributed by atoms with E-state index < -0.39 is 23.4 Å². The van der Waals surface area contributed by atoms with Crippen LogP contribution in [0, 0.1) is 0 Å². The molecule has 1 unspecified atom stereocenters. The number of aromatic nitrogens is 2. The lowest BCUT2D eigenvalue weighted by Crippen LogP contribution is -2.41. The van der Waals surface area contributed by atoms with E-state index in [0.29, 0.717) is 0 Å². The SMILES string of the molecule is COC(=O)C1=NN(C)c2c(cnn(Cc3ccccc3)c2=O)C1C(=O)OC. The Morgan fingerprint density at radius 2 is 1.85 bits per heavy atom. The Kier molecular flexibility index (Phi) is 5.02. The molecule has 0 spiro atoms. The number of ether oxygens (including phenoxy) is 2. The van der Waals surface area contributed by atoms with Gasteiger partial charge in [-0.25, -0.2) is 9.48 Å². The molecule has 2 heterocycles. The molecular weight excluding hydrogens is 352 g/mol. The fraction of sp³-hybridized carbons (Fsp3) is 0.278. The van der Waals surface area contributed by atoms with Gasteiger partial charge in [-0.05, 0) is 5.56 Å². The lowest BCUT2D eigenvalue weighted by molar-refractivity contribution is -0.142. The summed E-state index contributed by atoms with van der Waals surface area (Å²) in [5, 5.41) is 9.51. The lowest BCUT2D eigenvalue weighted by atomic mass is 9.93. The van der Waals surface area contributed by atoms with Crippen LogP contribution in [-0.2, 0) is 25.6 Å². The van der Waals surface area contributed by atoms with E-state index in [1.165, 1.54) is 37.2 Å². The van der Waals surface area contributed by atoms with Gasteiger partial charge < -0.3 is 9.47 Å². The minimum atomic E-state index is -1.18. The number of methoxy groups -OCH3 is 2. The van der Waals surface area contributed by atoms with Crippen LogP contribution in [0.2, 0.25) is 0 Å². The fourth-order valence-corrected chi connectivity index (χ4v) is 2.93. The van der Waals surface area contributed by atoms with Crippen molar-refractivity contribution in [3.05, 3.63) is 58.0 Å². The monoisotopic (exact) mass is 370 g/mol. The van der Waals surface area contributed by atoms with E-state index in [4.69, 9.17) is 9.47 Å². The average Bonchev–Trinajstić information content (AvgIpc) is 2.69. The van der Waals surface area contributed by atoms with Gasteiger partial charge >= 0.3 is 11.9 Å². The van der Waals surface area contributed by atoms with Gasteiger partial charge in [0.25, 0.3) is 5.56 Å². The van der Waals surface area contributed by atoms with Gasteiger partial charge in [0, 0.05) is 12.6 Å². The topological polar surface area (TPSA) is 103 Å². The quantitative estimate of drug-likeness (QED) is 0.723. The van der Waals surface area contributed by atoms with Crippen molar-refractivity contribution >= 4 is 23.3 Å². The number of anilines is 1. The van der Waals surface area contributed by atoms with E-state index in [1.807, 2.05) is 30.3 Å². The van der Waals surface area contributed by atoms with E-state index in [1.54, 1.807) is 0 Å². The molecule has 0 amide bonds. The van der Waals surface area contributed by atoms with Crippen molar-refractivity contribution in [1.29, 1.82) is 0 Å². The molecule has 9 heteroatoms. The van der Waals surface area contributed by atoms with E-state index in [2.05, 4.69) is 10.2 Å². The molecule has 0 bridgehead atoms. The molecule has 0 radical (unpaired) electrons. The number of benzene rings is 1. The molecule has 1 aromatic carbocycles. The number of carbonyl (C=O) groups excluding carboxylic acids is 2. The third-order valence-corrected chi connectivity index (χ3v) is 4.22. The number of hydrogen-bond donors (Lipinski definition) is 0. The van der Waals surface area contributed by atoms with Crippen LogP contribution in [0.3, 0.4) is 0 Å². The zero-order valence-electron chi connectivity index (χ0n) is 15.1. The third kappa shape index (κ3) is 3.31. The van der Waals surface area contributed by atoms with Crippen molar-refractivity contribution in [2.24, 2.45) is 5.10 Å². The number of carbonyl (C=O) groups is 2. The van der Waals surface area contributed by atoms with Gasteiger partial charge in [-0.3, -0.25) is 14.6 Å². The van der Waals surface area contributed by atoms with Crippen LogP contribution < -0.4 is 10.6 Å². The van der Waals surface area contributed by atoms with Gasteiger partial charge in [0.2, 0.25) is 0 Å². The highest BCUT2D eigenvalue weighted by atomic mass is 16.5. The summed E-state index contributed by atoms with van der Waals surface area (Å²) in [6, 6.07) is 9.37. The van der Waals surface area contributed by atoms with Crippen molar-refractivity contribution < 1.29 is 19.1 Å². The molecular formula is C18H18N4O5. The van der Waals surface area contributed by atoms with Crippen LogP contribution >= 0.6 is 0 Å². The number of hydrogen-bond acceptors (Lipinski definition) is 8. The average molecular weight is 370 g/mol. The maximum atomic E-state index is 13.0. The largest absolute Gasteiger partial charge is 0.468 e. The summed E-state index contributed by atoms with van der Waals surface area (Å²) in [6.45, 7) is 0.261. The first-order chi connectivity index (χ1) is 13.0. The molecule has 2 aromatic rings. The van der Waals surface area contributed by atoms with Crippen molar-refractivity contribution in [3.8, 4) is 0 Å². The molecule has 0 saturated heterocycles. The lowest BCUT2D eigenvalue weighted by Gasteiger charge is -2.27. The van der Waals surface area contributed by atoms with Gasteiger partial charge in [-0.1, -0.05) is 30.3 Å². The van der Waals surface area contributed by atoms with Crippen LogP contribution in [0.5, 0.6) is 0 Å². The molecule has 0 aliphatic carbocycles. The second kappa shape index (κ2) is 7.40. The molecule has 1 aliphatic rings. The first-order valence-corrected chi connectivity index (χ1v) is 8.10. The molecule has 0 fully saturated rings. The maximum absolute atomic E-state index is 13.0. The van der Waals surface area contributed by atoms with Crippen LogP contribution in [0.1, 0.15) is 17.0 Å². The maximum Gasteiger partial charge on any atom is 0.355 e. The molecule has 140 valence electrons. The molecule has 0 saturated carbocycles. The van der Waals surface area contributed by atoms with Gasteiger partial charge in [0.05, 0.1) is 27.0 Å². The molecule has 1 atom stereocenters. The molecule has 27 heavy (non-hydrogen) atoms. The predicted molar refractivity (Wildman–Crippen MR) is 96.7 cm³/mol. The number of nitrogens with zero attached hydrogens (tertiary/aromatic N) is 4. The van der Waals surface area contributed by atoms with Crippen molar-refractivity contribution in [3.63, 3.8) is 0 Å². The Morgan fingerprint density at radius 3 is 2.48 bits per heavy atom. The highest BCUT2D eigenvalue weighted by Gasteiger charge is 2.40. The molecule has 0 N–H and O–H groups in total. The number of rotatable bonds is 4. The Labute approximate surface area is 154 Å². The number of fused-ring (bicyclic) bond motifs is 1. The first kappa shape index (κ1) is 18.3. The molecule has 1 aliphatic heterocycles. The Morgan fingerprint density at radius 1 is 1.15 bits per heavy atom. The Balaban J connectivity index is 2.11. The van der Waals surface area contributed by atoms with Crippen molar-refractivity contribution in [2.45, 2.75) is 12.5 Å². The fourth-order valence-electron chi connectivity index (χ4n) is 2.93. The minimum absolute atomic E-state index is 0.156. The van der Waals surface area contributed by atoms with Gasteiger partial charge in [-0.2, -0.15) is 10.2 Å². The summed E-state index contributed by atoms with van der Waals surface area (Å²) in [5.41, 5.74) is 0.702. The second-order valence-electron chi connectivity index (χ2n) is 5.85. The minimum Gasteiger partial charge on any atom is -0.468 e. The van der Waals surface area contributed by atoms with Crippen LogP contribution in [0.4, 0.5) is 5.69 Å². The molecule has 3 rings (SSSR count). The zero-order valence-corrected chi connectivity index (χ0v) is 15.1. The highest BCUT2D eigenvalue weighted by molar-refractivity contribution is 6.43. The zero-order chi connectivity index (χ0) is 19.6. The van der Waals surface area contributed by atoms with Crippen molar-refractivity contribution in [2.75, 3.05) is 26.3 Å². The van der Waals surface area contributed by atoms with Crippen molar-refractivity contribution in [1.82, 2.24) is 9.78 Å². The summed E-state index contributed by atoms with van der Waals surface area (Å²) in [6.07, 6.45) is 1.38.